The minimum absolute atomic E-state index is 0.273. The topological polar surface area (TPSA) is 38.0 Å². The number of aromatic hydroxyl groups is 1. The first-order valence-electron chi connectivity index (χ1n) is 6.29. The standard InChI is InChI=1S/C16H16N2O/c1-10-5-7-14-13(8-10)17-16(18(14)3)12-6-4-11(2)9-15(12)19/h4-9,19H,1-3H3. The molecule has 96 valence electrons. The number of fused-ring (bicyclic) bond motifs is 1. The van der Waals surface area contributed by atoms with Crippen LogP contribution in [0.3, 0.4) is 0 Å². The molecule has 3 rings (SSSR count). The molecule has 0 aliphatic carbocycles. The van der Waals surface area contributed by atoms with Crippen molar-refractivity contribution in [1.82, 2.24) is 9.55 Å². The van der Waals surface area contributed by atoms with Gasteiger partial charge in [-0.3, -0.25) is 0 Å². The Morgan fingerprint density at radius 2 is 1.68 bits per heavy atom. The molecule has 2 aromatic carbocycles. The van der Waals surface area contributed by atoms with Gasteiger partial charge in [0.05, 0.1) is 16.6 Å². The molecule has 0 saturated heterocycles. The highest BCUT2D eigenvalue weighted by Gasteiger charge is 2.13. The molecule has 0 amide bonds. The Bertz CT molecular complexity index is 772. The van der Waals surface area contributed by atoms with E-state index in [9.17, 15) is 5.11 Å². The van der Waals surface area contributed by atoms with Crippen LogP contribution in [0.25, 0.3) is 22.4 Å². The van der Waals surface area contributed by atoms with Gasteiger partial charge in [-0.05, 0) is 49.2 Å². The van der Waals surface area contributed by atoms with Crippen LogP contribution in [0.2, 0.25) is 0 Å². The van der Waals surface area contributed by atoms with Crippen LogP contribution in [0.1, 0.15) is 11.1 Å². The van der Waals surface area contributed by atoms with Gasteiger partial charge in [0.15, 0.2) is 0 Å². The quantitative estimate of drug-likeness (QED) is 0.719. The van der Waals surface area contributed by atoms with Gasteiger partial charge >= 0.3 is 0 Å². The number of phenols is 1. The number of benzene rings is 2. The van der Waals surface area contributed by atoms with Gasteiger partial charge in [-0.1, -0.05) is 12.1 Å². The van der Waals surface area contributed by atoms with Crippen molar-refractivity contribution in [3.63, 3.8) is 0 Å². The van der Waals surface area contributed by atoms with Gasteiger partial charge in [0.1, 0.15) is 11.6 Å². The van der Waals surface area contributed by atoms with Crippen LogP contribution in [-0.2, 0) is 7.05 Å². The molecule has 0 aliphatic rings. The number of nitrogens with zero attached hydrogens (tertiary/aromatic N) is 2. The number of aromatic nitrogens is 2. The van der Waals surface area contributed by atoms with E-state index in [0.29, 0.717) is 0 Å². The van der Waals surface area contributed by atoms with Crippen molar-refractivity contribution < 1.29 is 5.11 Å². The zero-order chi connectivity index (χ0) is 13.6. The summed E-state index contributed by atoms with van der Waals surface area (Å²) in [5.41, 5.74) is 5.01. The lowest BCUT2D eigenvalue weighted by molar-refractivity contribution is 0.476. The number of imidazole rings is 1. The van der Waals surface area contributed by atoms with E-state index >= 15 is 0 Å². The SMILES string of the molecule is Cc1ccc(-c2nc3cc(C)ccc3n2C)c(O)c1. The van der Waals surface area contributed by atoms with Crippen molar-refractivity contribution in [3.05, 3.63) is 47.5 Å². The van der Waals surface area contributed by atoms with E-state index in [1.165, 1.54) is 5.56 Å². The third-order valence-electron chi connectivity index (χ3n) is 3.43. The molecule has 0 aliphatic heterocycles. The number of phenolic OH excluding ortho intramolecular Hbond substituents is 1. The van der Waals surface area contributed by atoms with Gasteiger partial charge in [0.2, 0.25) is 0 Å². The summed E-state index contributed by atoms with van der Waals surface area (Å²) in [6, 6.07) is 11.9. The summed E-state index contributed by atoms with van der Waals surface area (Å²) < 4.78 is 2.01. The molecule has 0 atom stereocenters. The summed E-state index contributed by atoms with van der Waals surface area (Å²) in [5.74, 6) is 1.06. The van der Waals surface area contributed by atoms with E-state index in [2.05, 4.69) is 30.1 Å². The van der Waals surface area contributed by atoms with Crippen molar-refractivity contribution in [2.45, 2.75) is 13.8 Å². The maximum atomic E-state index is 10.1. The second kappa shape index (κ2) is 4.12. The molecule has 0 spiro atoms. The van der Waals surface area contributed by atoms with Crippen molar-refractivity contribution >= 4 is 11.0 Å². The lowest BCUT2D eigenvalue weighted by atomic mass is 10.1. The second-order valence-corrected chi connectivity index (χ2v) is 5.01. The molecular formula is C16H16N2O. The summed E-state index contributed by atoms with van der Waals surface area (Å²) in [6.07, 6.45) is 0. The van der Waals surface area contributed by atoms with Crippen LogP contribution in [-0.4, -0.2) is 14.7 Å². The summed E-state index contributed by atoms with van der Waals surface area (Å²) in [7, 11) is 1.97. The van der Waals surface area contributed by atoms with E-state index in [1.807, 2.05) is 30.7 Å². The highest BCUT2D eigenvalue weighted by molar-refractivity contribution is 5.82. The fourth-order valence-electron chi connectivity index (χ4n) is 2.38. The smallest absolute Gasteiger partial charge is 0.144 e. The van der Waals surface area contributed by atoms with E-state index in [4.69, 9.17) is 0 Å². The molecule has 1 heterocycles. The van der Waals surface area contributed by atoms with Crippen LogP contribution in [0, 0.1) is 13.8 Å². The first-order chi connectivity index (χ1) is 9.06. The van der Waals surface area contributed by atoms with Crippen LogP contribution in [0.5, 0.6) is 5.75 Å². The maximum absolute atomic E-state index is 10.1. The van der Waals surface area contributed by atoms with Crippen molar-refractivity contribution in [2.24, 2.45) is 7.05 Å². The summed E-state index contributed by atoms with van der Waals surface area (Å²) in [4.78, 5) is 4.64. The number of aryl methyl sites for hydroxylation is 3. The Hall–Kier alpha value is -2.29. The van der Waals surface area contributed by atoms with Gasteiger partial charge in [0.25, 0.3) is 0 Å². The van der Waals surface area contributed by atoms with Gasteiger partial charge in [0, 0.05) is 7.05 Å². The van der Waals surface area contributed by atoms with E-state index in [0.717, 1.165) is 28.0 Å². The lowest BCUT2D eigenvalue weighted by Gasteiger charge is -2.05. The largest absolute Gasteiger partial charge is 0.507 e. The molecule has 0 fully saturated rings. The van der Waals surface area contributed by atoms with E-state index < -0.39 is 0 Å². The van der Waals surface area contributed by atoms with Crippen molar-refractivity contribution in [2.75, 3.05) is 0 Å². The average molecular weight is 252 g/mol. The molecule has 1 N–H and O–H groups in total. The fourth-order valence-corrected chi connectivity index (χ4v) is 2.38. The molecule has 0 unspecified atom stereocenters. The van der Waals surface area contributed by atoms with Gasteiger partial charge in [-0.2, -0.15) is 0 Å². The van der Waals surface area contributed by atoms with Gasteiger partial charge < -0.3 is 9.67 Å². The minimum atomic E-state index is 0.273. The highest BCUT2D eigenvalue weighted by Crippen LogP contribution is 2.31. The molecule has 1 aromatic heterocycles. The molecule has 0 bridgehead atoms. The second-order valence-electron chi connectivity index (χ2n) is 5.01. The Balaban J connectivity index is 2.27. The zero-order valence-corrected chi connectivity index (χ0v) is 11.3. The third-order valence-corrected chi connectivity index (χ3v) is 3.43. The van der Waals surface area contributed by atoms with Gasteiger partial charge in [-0.25, -0.2) is 4.98 Å². The summed E-state index contributed by atoms with van der Waals surface area (Å²) in [6.45, 7) is 4.01. The van der Waals surface area contributed by atoms with E-state index in [-0.39, 0.29) is 5.75 Å². The number of hydrogen-bond donors (Lipinski definition) is 1. The molecule has 0 radical (unpaired) electrons. The zero-order valence-electron chi connectivity index (χ0n) is 11.3. The summed E-state index contributed by atoms with van der Waals surface area (Å²) in [5, 5.41) is 10.1. The van der Waals surface area contributed by atoms with Crippen LogP contribution in [0.4, 0.5) is 0 Å². The van der Waals surface area contributed by atoms with E-state index in [1.54, 1.807) is 6.07 Å². The first kappa shape index (κ1) is 11.8. The monoisotopic (exact) mass is 252 g/mol. The van der Waals surface area contributed by atoms with Crippen molar-refractivity contribution in [3.8, 4) is 17.1 Å². The fraction of sp³-hybridized carbons (Fsp3) is 0.188. The predicted molar refractivity (Wildman–Crippen MR) is 77.3 cm³/mol. The Kier molecular flexibility index (Phi) is 2.56. The molecule has 0 saturated carbocycles. The molecule has 3 heteroatoms. The highest BCUT2D eigenvalue weighted by atomic mass is 16.3. The van der Waals surface area contributed by atoms with Crippen LogP contribution < -0.4 is 0 Å². The number of rotatable bonds is 1. The third kappa shape index (κ3) is 1.87. The van der Waals surface area contributed by atoms with Gasteiger partial charge in [-0.15, -0.1) is 0 Å². The summed E-state index contributed by atoms with van der Waals surface area (Å²) >= 11 is 0. The first-order valence-corrected chi connectivity index (χ1v) is 6.29. The molecule has 19 heavy (non-hydrogen) atoms. The molecule has 3 aromatic rings. The predicted octanol–water partition coefficient (Wildman–Crippen LogP) is 3.56. The lowest BCUT2D eigenvalue weighted by Crippen LogP contribution is -1.93. The Morgan fingerprint density at radius 1 is 1.00 bits per heavy atom. The Morgan fingerprint density at radius 3 is 2.42 bits per heavy atom. The maximum Gasteiger partial charge on any atom is 0.144 e. The van der Waals surface area contributed by atoms with Crippen LogP contribution in [0.15, 0.2) is 36.4 Å². The average Bonchev–Trinajstić information content (AvgIpc) is 2.66. The van der Waals surface area contributed by atoms with Crippen LogP contribution >= 0.6 is 0 Å². The molecule has 3 nitrogen and oxygen atoms in total. The molecular weight excluding hydrogens is 236 g/mol. The number of hydrogen-bond acceptors (Lipinski definition) is 2. The Labute approximate surface area is 112 Å². The minimum Gasteiger partial charge on any atom is -0.507 e. The normalized spacial score (nSPS) is 11.1. The van der Waals surface area contributed by atoms with Crippen molar-refractivity contribution in [1.29, 1.82) is 0 Å².